The van der Waals surface area contributed by atoms with Gasteiger partial charge in [0.05, 0.1) is 18.2 Å². The molecule has 2 heterocycles. The van der Waals surface area contributed by atoms with Gasteiger partial charge in [-0.2, -0.15) is 13.2 Å². The van der Waals surface area contributed by atoms with Crippen LogP contribution in [0, 0.1) is 10.5 Å². The van der Waals surface area contributed by atoms with Gasteiger partial charge in [-0.15, -0.1) is 0 Å². The fourth-order valence-electron chi connectivity index (χ4n) is 3.34. The van der Waals surface area contributed by atoms with Gasteiger partial charge in [0.2, 0.25) is 0 Å². The highest BCUT2D eigenvalue weighted by Crippen LogP contribution is 2.32. The molecule has 1 unspecified atom stereocenters. The van der Waals surface area contributed by atoms with Crippen LogP contribution in [-0.4, -0.2) is 28.5 Å². The normalized spacial score (nSPS) is 16.9. The lowest BCUT2D eigenvalue weighted by Gasteiger charge is -2.36. The highest BCUT2D eigenvalue weighted by molar-refractivity contribution is 14.1. The van der Waals surface area contributed by atoms with Crippen molar-refractivity contribution in [1.29, 1.82) is 0 Å². The molecule has 0 radical (unpaired) electrons. The van der Waals surface area contributed by atoms with Gasteiger partial charge in [-0.25, -0.2) is 0 Å². The van der Waals surface area contributed by atoms with E-state index in [1.54, 1.807) is 19.9 Å². The highest BCUT2D eigenvalue weighted by Gasteiger charge is 2.34. The molecule has 1 aliphatic rings. The van der Waals surface area contributed by atoms with E-state index in [0.717, 1.165) is 12.1 Å². The second kappa shape index (κ2) is 7.41. The monoisotopic (exact) mass is 506 g/mol. The Morgan fingerprint density at radius 2 is 1.89 bits per heavy atom. The zero-order valence-electron chi connectivity index (χ0n) is 15.4. The van der Waals surface area contributed by atoms with Crippen LogP contribution in [0.1, 0.15) is 34.1 Å². The van der Waals surface area contributed by atoms with Crippen molar-refractivity contribution in [2.45, 2.75) is 39.2 Å². The summed E-state index contributed by atoms with van der Waals surface area (Å²) in [5, 5.41) is 0. The molecule has 150 valence electrons. The minimum absolute atomic E-state index is 0.0182. The van der Waals surface area contributed by atoms with E-state index in [1.165, 1.54) is 22.6 Å². The summed E-state index contributed by atoms with van der Waals surface area (Å²) in [4.78, 5) is 27.0. The summed E-state index contributed by atoms with van der Waals surface area (Å²) in [5.41, 5.74) is -0.0862. The summed E-state index contributed by atoms with van der Waals surface area (Å²) in [5.74, 6) is -0.103. The van der Waals surface area contributed by atoms with Gasteiger partial charge in [-0.1, -0.05) is 0 Å². The van der Waals surface area contributed by atoms with Crippen molar-refractivity contribution < 1.29 is 22.7 Å². The molecule has 1 amide bonds. The molecule has 2 aromatic rings. The number of aromatic nitrogens is 1. The average molecular weight is 506 g/mol. The lowest BCUT2D eigenvalue weighted by Crippen LogP contribution is -2.49. The van der Waals surface area contributed by atoms with E-state index in [2.05, 4.69) is 0 Å². The first-order valence-electron chi connectivity index (χ1n) is 8.49. The quantitative estimate of drug-likeness (QED) is 0.595. The maximum atomic E-state index is 13.1. The molecule has 1 aliphatic heterocycles. The number of benzene rings is 1. The van der Waals surface area contributed by atoms with Crippen LogP contribution in [0.3, 0.4) is 0 Å². The van der Waals surface area contributed by atoms with Gasteiger partial charge >= 0.3 is 6.18 Å². The Labute approximate surface area is 173 Å². The molecule has 0 N–H and O–H groups in total. The summed E-state index contributed by atoms with van der Waals surface area (Å²) in [6.07, 6.45) is -4.46. The Bertz CT molecular complexity index is 1000. The first kappa shape index (κ1) is 20.7. The van der Waals surface area contributed by atoms with Crippen LogP contribution in [0.5, 0.6) is 5.75 Å². The molecule has 0 fully saturated rings. The van der Waals surface area contributed by atoms with E-state index in [4.69, 9.17) is 4.74 Å². The van der Waals surface area contributed by atoms with Gasteiger partial charge < -0.3 is 14.2 Å². The summed E-state index contributed by atoms with van der Waals surface area (Å²) >= 11 is 1.83. The topological polar surface area (TPSA) is 51.5 Å². The second-order valence-electron chi connectivity index (χ2n) is 6.77. The lowest BCUT2D eigenvalue weighted by atomic mass is 10.1. The Morgan fingerprint density at radius 3 is 2.50 bits per heavy atom. The number of hydrogen-bond donors (Lipinski definition) is 0. The standard InChI is InChI=1S/C19H18F3IN2O3/c1-10-8-25-15(7-16(28-3)11(2)17(25)26)18(27)24(10)9-12-4-13(19(20,21)22)6-14(23)5-12/h4-7,10H,8-9H2,1-3H3. The SMILES string of the molecule is COc1cc2n(c(=O)c1C)CC(C)N(Cc1cc(I)cc(C(F)(F)F)c1)C2=O. The molecule has 0 saturated carbocycles. The summed E-state index contributed by atoms with van der Waals surface area (Å²) < 4.78 is 46.3. The minimum Gasteiger partial charge on any atom is -0.496 e. The molecule has 1 atom stereocenters. The third-order valence-electron chi connectivity index (χ3n) is 4.81. The van der Waals surface area contributed by atoms with Crippen molar-refractivity contribution in [1.82, 2.24) is 9.47 Å². The fraction of sp³-hybridized carbons (Fsp3) is 0.368. The zero-order valence-corrected chi connectivity index (χ0v) is 17.6. The first-order chi connectivity index (χ1) is 13.0. The van der Waals surface area contributed by atoms with Gasteiger partial charge in [0.1, 0.15) is 11.4 Å². The largest absolute Gasteiger partial charge is 0.496 e. The minimum atomic E-state index is -4.46. The Kier molecular flexibility index (Phi) is 5.48. The van der Waals surface area contributed by atoms with Crippen molar-refractivity contribution >= 4 is 28.5 Å². The smallest absolute Gasteiger partial charge is 0.416 e. The molecule has 0 aliphatic carbocycles. The predicted octanol–water partition coefficient (Wildman–Crippen LogP) is 3.83. The van der Waals surface area contributed by atoms with E-state index < -0.39 is 17.6 Å². The number of carbonyl (C=O) groups is 1. The number of amides is 1. The predicted molar refractivity (Wildman–Crippen MR) is 105 cm³/mol. The molecule has 0 saturated heterocycles. The molecule has 1 aromatic carbocycles. The number of rotatable bonds is 3. The van der Waals surface area contributed by atoms with Crippen LogP contribution in [0.15, 0.2) is 29.1 Å². The highest BCUT2D eigenvalue weighted by atomic mass is 127. The van der Waals surface area contributed by atoms with Gasteiger partial charge in [0.25, 0.3) is 11.5 Å². The molecule has 9 heteroatoms. The van der Waals surface area contributed by atoms with E-state index in [9.17, 15) is 22.8 Å². The van der Waals surface area contributed by atoms with Crippen LogP contribution in [0.2, 0.25) is 0 Å². The van der Waals surface area contributed by atoms with Gasteiger partial charge in [-0.05, 0) is 60.2 Å². The van der Waals surface area contributed by atoms with Crippen molar-refractivity contribution in [2.24, 2.45) is 0 Å². The summed E-state index contributed by atoms with van der Waals surface area (Å²) in [6, 6.07) is 4.90. The molecular weight excluding hydrogens is 488 g/mol. The van der Waals surface area contributed by atoms with Crippen LogP contribution in [-0.2, 0) is 19.3 Å². The summed E-state index contributed by atoms with van der Waals surface area (Å²) in [7, 11) is 1.41. The number of fused-ring (bicyclic) bond motifs is 1. The third kappa shape index (κ3) is 3.76. The van der Waals surface area contributed by atoms with Crippen molar-refractivity contribution in [2.75, 3.05) is 7.11 Å². The summed E-state index contributed by atoms with van der Waals surface area (Å²) in [6.45, 7) is 3.68. The number of hydrogen-bond acceptors (Lipinski definition) is 3. The Balaban J connectivity index is 2.00. The van der Waals surface area contributed by atoms with E-state index in [0.29, 0.717) is 20.4 Å². The number of ether oxygens (including phenoxy) is 1. The number of alkyl halides is 3. The molecule has 28 heavy (non-hydrogen) atoms. The van der Waals surface area contributed by atoms with Crippen LogP contribution in [0.25, 0.3) is 0 Å². The van der Waals surface area contributed by atoms with Crippen LogP contribution < -0.4 is 10.3 Å². The van der Waals surface area contributed by atoms with Gasteiger partial charge in [0, 0.05) is 28.8 Å². The zero-order chi connectivity index (χ0) is 20.8. The first-order valence-corrected chi connectivity index (χ1v) is 9.57. The maximum absolute atomic E-state index is 13.1. The van der Waals surface area contributed by atoms with E-state index in [-0.39, 0.29) is 30.4 Å². The second-order valence-corrected chi connectivity index (χ2v) is 8.01. The number of carbonyl (C=O) groups excluding carboxylic acids is 1. The van der Waals surface area contributed by atoms with Gasteiger partial charge in [0.15, 0.2) is 0 Å². The van der Waals surface area contributed by atoms with Crippen LogP contribution in [0.4, 0.5) is 13.2 Å². The van der Waals surface area contributed by atoms with Crippen molar-refractivity contribution in [3.05, 3.63) is 60.6 Å². The van der Waals surface area contributed by atoms with Gasteiger partial charge in [-0.3, -0.25) is 9.59 Å². The third-order valence-corrected chi connectivity index (χ3v) is 5.43. The van der Waals surface area contributed by atoms with Crippen molar-refractivity contribution in [3.8, 4) is 5.75 Å². The Morgan fingerprint density at radius 1 is 1.21 bits per heavy atom. The van der Waals surface area contributed by atoms with E-state index in [1.807, 2.05) is 22.6 Å². The average Bonchev–Trinajstić information content (AvgIpc) is 2.61. The van der Waals surface area contributed by atoms with Crippen molar-refractivity contribution in [3.63, 3.8) is 0 Å². The number of nitrogens with zero attached hydrogens (tertiary/aromatic N) is 2. The number of pyridine rings is 1. The molecule has 0 bridgehead atoms. The Hall–Kier alpha value is -2.04. The number of halogens is 4. The van der Waals surface area contributed by atoms with Crippen LogP contribution >= 0.6 is 22.6 Å². The van der Waals surface area contributed by atoms with E-state index >= 15 is 0 Å². The molecule has 0 spiro atoms. The molecule has 1 aromatic heterocycles. The molecule has 5 nitrogen and oxygen atoms in total. The molecular formula is C19H18F3IN2O3. The maximum Gasteiger partial charge on any atom is 0.416 e. The fourth-order valence-corrected chi connectivity index (χ4v) is 4.07. The lowest BCUT2D eigenvalue weighted by molar-refractivity contribution is -0.137. The molecule has 3 rings (SSSR count). The number of methoxy groups -OCH3 is 1.